The van der Waals surface area contributed by atoms with E-state index >= 15 is 0 Å². The van der Waals surface area contributed by atoms with Crippen molar-refractivity contribution in [1.29, 1.82) is 0 Å². The molecule has 0 aromatic carbocycles. The van der Waals surface area contributed by atoms with Gasteiger partial charge < -0.3 is 0 Å². The lowest BCUT2D eigenvalue weighted by Crippen LogP contribution is -1.96. The van der Waals surface area contributed by atoms with Gasteiger partial charge in [0.05, 0.1) is 0 Å². The molecule has 0 aliphatic carbocycles. The van der Waals surface area contributed by atoms with E-state index in [9.17, 15) is 0 Å². The lowest BCUT2D eigenvalue weighted by atomic mass is 9.94. The van der Waals surface area contributed by atoms with Crippen LogP contribution in [0.2, 0.25) is 0 Å². The van der Waals surface area contributed by atoms with Crippen molar-refractivity contribution in [2.75, 3.05) is 0 Å². The molecule has 0 rings (SSSR count). The van der Waals surface area contributed by atoms with Gasteiger partial charge in [0.15, 0.2) is 0 Å². The molecule has 0 saturated carbocycles. The molecule has 0 aliphatic heterocycles. The lowest BCUT2D eigenvalue weighted by Gasteiger charge is -2.12. The zero-order valence-electron chi connectivity index (χ0n) is 26.4. The summed E-state index contributed by atoms with van der Waals surface area (Å²) in [4.78, 5) is 0. The fourth-order valence-corrected chi connectivity index (χ4v) is 5.94. The Morgan fingerprint density at radius 2 is 0.417 bits per heavy atom. The first-order valence-corrected chi connectivity index (χ1v) is 17.7. The molecule has 0 aromatic heterocycles. The van der Waals surface area contributed by atoms with Crippen LogP contribution in [0.1, 0.15) is 220 Å². The Hall–Kier alpha value is 0. The van der Waals surface area contributed by atoms with Gasteiger partial charge in [-0.05, 0) is 11.8 Å². The average molecular weight is 507 g/mol. The smallest absolute Gasteiger partial charge is 0.0443 e. The minimum atomic E-state index is 0.963. The summed E-state index contributed by atoms with van der Waals surface area (Å²) in [5.74, 6) is 1.93. The highest BCUT2D eigenvalue weighted by Gasteiger charge is 2.04. The van der Waals surface area contributed by atoms with E-state index in [1.165, 1.54) is 193 Å². The van der Waals surface area contributed by atoms with E-state index in [1.54, 1.807) is 0 Å². The van der Waals surface area contributed by atoms with Crippen molar-refractivity contribution in [3.63, 3.8) is 0 Å². The van der Waals surface area contributed by atoms with Crippen LogP contribution >= 0.6 is 0 Å². The van der Waals surface area contributed by atoms with Crippen LogP contribution < -0.4 is 0 Å². The molecule has 2 atom stereocenters. The first kappa shape index (κ1) is 36.0. The SMILES string of the molecule is CCCCCCCCCCCCCCCCCCCCC(C)CCCCCCCC(C)CCCCC. The van der Waals surface area contributed by atoms with E-state index in [-0.39, 0.29) is 0 Å². The van der Waals surface area contributed by atoms with Crippen molar-refractivity contribution in [3.8, 4) is 0 Å². The van der Waals surface area contributed by atoms with Gasteiger partial charge in [-0.3, -0.25) is 0 Å². The van der Waals surface area contributed by atoms with Crippen molar-refractivity contribution in [2.45, 2.75) is 220 Å². The normalized spacial score (nSPS) is 13.3. The molecule has 0 nitrogen and oxygen atoms in total. The van der Waals surface area contributed by atoms with Crippen LogP contribution in [-0.4, -0.2) is 0 Å². The summed E-state index contributed by atoms with van der Waals surface area (Å²) in [5, 5.41) is 0. The second kappa shape index (κ2) is 31.2. The summed E-state index contributed by atoms with van der Waals surface area (Å²) >= 11 is 0. The van der Waals surface area contributed by atoms with Crippen LogP contribution in [0.4, 0.5) is 0 Å². The molecule has 2 unspecified atom stereocenters. The zero-order chi connectivity index (χ0) is 26.4. The number of hydrogen-bond donors (Lipinski definition) is 0. The van der Waals surface area contributed by atoms with Crippen LogP contribution in [-0.2, 0) is 0 Å². The molecule has 0 heterocycles. The van der Waals surface area contributed by atoms with Crippen molar-refractivity contribution in [1.82, 2.24) is 0 Å². The summed E-state index contributed by atoms with van der Waals surface area (Å²) in [6.45, 7) is 9.60. The van der Waals surface area contributed by atoms with Gasteiger partial charge >= 0.3 is 0 Å². The van der Waals surface area contributed by atoms with Crippen molar-refractivity contribution < 1.29 is 0 Å². The number of hydrogen-bond acceptors (Lipinski definition) is 0. The maximum absolute atomic E-state index is 2.51. The average Bonchev–Trinajstić information content (AvgIpc) is 2.87. The molecule has 218 valence electrons. The van der Waals surface area contributed by atoms with Gasteiger partial charge in [0, 0.05) is 0 Å². The van der Waals surface area contributed by atoms with E-state index in [0.29, 0.717) is 0 Å². The molecule has 0 bridgehead atoms. The zero-order valence-corrected chi connectivity index (χ0v) is 26.4. The van der Waals surface area contributed by atoms with Crippen LogP contribution in [0.3, 0.4) is 0 Å². The van der Waals surface area contributed by atoms with Crippen molar-refractivity contribution in [2.24, 2.45) is 11.8 Å². The van der Waals surface area contributed by atoms with Gasteiger partial charge in [0.2, 0.25) is 0 Å². The van der Waals surface area contributed by atoms with E-state index in [1.807, 2.05) is 0 Å². The molecule has 0 aliphatic rings. The second-order valence-corrected chi connectivity index (χ2v) is 12.9. The highest BCUT2D eigenvalue weighted by atomic mass is 14.1. The van der Waals surface area contributed by atoms with Gasteiger partial charge in [-0.1, -0.05) is 220 Å². The number of rotatable bonds is 31. The van der Waals surface area contributed by atoms with Crippen molar-refractivity contribution >= 4 is 0 Å². The summed E-state index contributed by atoms with van der Waals surface area (Å²) in [5.41, 5.74) is 0. The summed E-state index contributed by atoms with van der Waals surface area (Å²) in [6.07, 6.45) is 44.1. The van der Waals surface area contributed by atoms with Crippen LogP contribution in [0.25, 0.3) is 0 Å². The Labute approximate surface area is 232 Å². The second-order valence-electron chi connectivity index (χ2n) is 12.9. The molecular weight excluding hydrogens is 432 g/mol. The highest BCUT2D eigenvalue weighted by Crippen LogP contribution is 2.21. The van der Waals surface area contributed by atoms with E-state index < -0.39 is 0 Å². The van der Waals surface area contributed by atoms with Gasteiger partial charge in [0.1, 0.15) is 0 Å². The molecule has 0 fully saturated rings. The Morgan fingerprint density at radius 3 is 0.667 bits per heavy atom. The molecular formula is C36H74. The Balaban J connectivity index is 3.18. The third kappa shape index (κ3) is 30.2. The first-order valence-electron chi connectivity index (χ1n) is 17.7. The molecule has 0 heteroatoms. The van der Waals surface area contributed by atoms with Crippen LogP contribution in [0, 0.1) is 11.8 Å². The van der Waals surface area contributed by atoms with Crippen LogP contribution in [0.5, 0.6) is 0 Å². The molecule has 0 radical (unpaired) electrons. The van der Waals surface area contributed by atoms with Crippen molar-refractivity contribution in [3.05, 3.63) is 0 Å². The van der Waals surface area contributed by atoms with Gasteiger partial charge in [-0.15, -0.1) is 0 Å². The maximum atomic E-state index is 2.51. The largest absolute Gasteiger partial charge is 0.0654 e. The molecule has 0 spiro atoms. The Bertz CT molecular complexity index is 372. The van der Waals surface area contributed by atoms with Gasteiger partial charge in [-0.25, -0.2) is 0 Å². The molecule has 0 N–H and O–H groups in total. The van der Waals surface area contributed by atoms with Crippen LogP contribution in [0.15, 0.2) is 0 Å². The predicted molar refractivity (Wildman–Crippen MR) is 168 cm³/mol. The summed E-state index contributed by atoms with van der Waals surface area (Å²) < 4.78 is 0. The summed E-state index contributed by atoms with van der Waals surface area (Å²) in [7, 11) is 0. The van der Waals surface area contributed by atoms with E-state index in [4.69, 9.17) is 0 Å². The summed E-state index contributed by atoms with van der Waals surface area (Å²) in [6, 6.07) is 0. The topological polar surface area (TPSA) is 0 Å². The Kier molecular flexibility index (Phi) is 31.2. The fraction of sp³-hybridized carbons (Fsp3) is 1.00. The standard InChI is InChI=1S/C36H74/c1-5-7-9-10-11-12-13-14-15-16-17-18-19-20-21-22-24-28-33-36(4)34-30-26-23-25-29-32-35(3)31-27-8-6-2/h35-36H,5-34H2,1-4H3. The van der Waals surface area contributed by atoms with Gasteiger partial charge in [-0.2, -0.15) is 0 Å². The van der Waals surface area contributed by atoms with E-state index in [2.05, 4.69) is 27.7 Å². The molecule has 36 heavy (non-hydrogen) atoms. The lowest BCUT2D eigenvalue weighted by molar-refractivity contribution is 0.418. The molecule has 0 aromatic rings. The first-order chi connectivity index (χ1) is 17.7. The van der Waals surface area contributed by atoms with Gasteiger partial charge in [0.25, 0.3) is 0 Å². The third-order valence-electron chi connectivity index (χ3n) is 8.74. The quantitative estimate of drug-likeness (QED) is 0.0820. The third-order valence-corrected chi connectivity index (χ3v) is 8.74. The predicted octanol–water partition coefficient (Wildman–Crippen LogP) is 14.0. The minimum Gasteiger partial charge on any atom is -0.0654 e. The highest BCUT2D eigenvalue weighted by molar-refractivity contribution is 4.58. The maximum Gasteiger partial charge on any atom is -0.0443 e. The Morgan fingerprint density at radius 1 is 0.250 bits per heavy atom. The monoisotopic (exact) mass is 507 g/mol. The molecule has 0 amide bonds. The number of unbranched alkanes of at least 4 members (excludes halogenated alkanes) is 23. The minimum absolute atomic E-state index is 0.963. The fourth-order valence-electron chi connectivity index (χ4n) is 5.94. The van der Waals surface area contributed by atoms with E-state index in [0.717, 1.165) is 11.8 Å². The molecule has 0 saturated heterocycles.